The van der Waals surface area contributed by atoms with E-state index in [1.807, 2.05) is 31.2 Å². The fourth-order valence-corrected chi connectivity index (χ4v) is 1.61. The lowest BCUT2D eigenvalue weighted by molar-refractivity contribution is 0.515. The van der Waals surface area contributed by atoms with E-state index in [0.29, 0.717) is 17.1 Å². The Bertz CT molecular complexity index is 640. The molecule has 0 aliphatic heterocycles. The summed E-state index contributed by atoms with van der Waals surface area (Å²) in [7, 11) is 0. The predicted octanol–water partition coefficient (Wildman–Crippen LogP) is 2.44. The smallest absolute Gasteiger partial charge is 0.251 e. The van der Waals surface area contributed by atoms with Crippen LogP contribution < -0.4 is 5.56 Å². The van der Waals surface area contributed by atoms with Gasteiger partial charge in [-0.1, -0.05) is 29.8 Å². The Morgan fingerprint density at radius 2 is 1.94 bits per heavy atom. The highest BCUT2D eigenvalue weighted by Crippen LogP contribution is 2.14. The number of hydrogen-bond donors (Lipinski definition) is 2. The van der Waals surface area contributed by atoms with Crippen LogP contribution in [0.15, 0.2) is 35.1 Å². The molecule has 2 N–H and O–H groups in total. The SMILES string of the molecule is Cc1ccc(/C(O)=C/c2nc(C)cc(=O)[nH]2)cc1. The van der Waals surface area contributed by atoms with E-state index in [0.717, 1.165) is 5.56 Å². The quantitative estimate of drug-likeness (QED) is 0.795. The minimum absolute atomic E-state index is 0.0729. The third-order valence-corrected chi connectivity index (χ3v) is 2.51. The molecule has 92 valence electrons. The molecule has 2 aromatic rings. The van der Waals surface area contributed by atoms with Crippen molar-refractivity contribution in [2.75, 3.05) is 0 Å². The maximum absolute atomic E-state index is 11.3. The van der Waals surface area contributed by atoms with Crippen molar-refractivity contribution >= 4 is 11.8 Å². The number of H-pyrrole nitrogens is 1. The normalized spacial score (nSPS) is 11.6. The van der Waals surface area contributed by atoms with E-state index in [2.05, 4.69) is 9.97 Å². The fourth-order valence-electron chi connectivity index (χ4n) is 1.61. The Hall–Kier alpha value is -2.36. The first-order chi connectivity index (χ1) is 8.54. The maximum atomic E-state index is 11.3. The molecule has 18 heavy (non-hydrogen) atoms. The van der Waals surface area contributed by atoms with Gasteiger partial charge in [0.25, 0.3) is 5.56 Å². The highest BCUT2D eigenvalue weighted by Gasteiger charge is 2.01. The largest absolute Gasteiger partial charge is 0.507 e. The average molecular weight is 242 g/mol. The minimum atomic E-state index is -0.231. The molecular weight excluding hydrogens is 228 g/mol. The van der Waals surface area contributed by atoms with Crippen LogP contribution in [-0.4, -0.2) is 15.1 Å². The van der Waals surface area contributed by atoms with Crippen LogP contribution >= 0.6 is 0 Å². The molecule has 0 saturated carbocycles. The highest BCUT2D eigenvalue weighted by atomic mass is 16.3. The van der Waals surface area contributed by atoms with Crippen LogP contribution in [-0.2, 0) is 0 Å². The molecule has 0 spiro atoms. The van der Waals surface area contributed by atoms with Crippen molar-refractivity contribution < 1.29 is 5.11 Å². The van der Waals surface area contributed by atoms with Gasteiger partial charge in [0, 0.05) is 23.4 Å². The van der Waals surface area contributed by atoms with Crippen molar-refractivity contribution in [1.82, 2.24) is 9.97 Å². The molecule has 0 unspecified atom stereocenters. The zero-order valence-electron chi connectivity index (χ0n) is 10.3. The highest BCUT2D eigenvalue weighted by molar-refractivity contribution is 5.74. The second-order valence-corrected chi connectivity index (χ2v) is 4.17. The molecule has 0 saturated heterocycles. The molecule has 0 aliphatic rings. The van der Waals surface area contributed by atoms with Crippen LogP contribution in [0.1, 0.15) is 22.6 Å². The zero-order valence-corrected chi connectivity index (χ0v) is 10.3. The van der Waals surface area contributed by atoms with E-state index >= 15 is 0 Å². The number of nitrogens with one attached hydrogen (secondary N) is 1. The van der Waals surface area contributed by atoms with Crippen molar-refractivity contribution in [3.8, 4) is 0 Å². The number of rotatable bonds is 2. The summed E-state index contributed by atoms with van der Waals surface area (Å²) in [4.78, 5) is 17.9. The molecule has 2 rings (SSSR count). The lowest BCUT2D eigenvalue weighted by atomic mass is 10.1. The number of aryl methyl sites for hydroxylation is 2. The molecule has 0 radical (unpaired) electrons. The van der Waals surface area contributed by atoms with Crippen LogP contribution in [0.2, 0.25) is 0 Å². The lowest BCUT2D eigenvalue weighted by Gasteiger charge is -2.01. The molecule has 4 nitrogen and oxygen atoms in total. The predicted molar refractivity (Wildman–Crippen MR) is 71.3 cm³/mol. The summed E-state index contributed by atoms with van der Waals surface area (Å²) in [6.45, 7) is 3.71. The minimum Gasteiger partial charge on any atom is -0.507 e. The summed E-state index contributed by atoms with van der Waals surface area (Å²) in [6.07, 6.45) is 1.44. The van der Waals surface area contributed by atoms with Gasteiger partial charge in [-0.05, 0) is 13.8 Å². The fraction of sp³-hybridized carbons (Fsp3) is 0.143. The Kier molecular flexibility index (Phi) is 3.28. The molecular formula is C14H14N2O2. The summed E-state index contributed by atoms with van der Waals surface area (Å²) >= 11 is 0. The van der Waals surface area contributed by atoms with Crippen LogP contribution in [0, 0.1) is 13.8 Å². The number of benzene rings is 1. The first kappa shape index (κ1) is 12.1. The molecule has 0 fully saturated rings. The molecule has 1 heterocycles. The van der Waals surface area contributed by atoms with Gasteiger partial charge < -0.3 is 10.1 Å². The first-order valence-corrected chi connectivity index (χ1v) is 5.60. The van der Waals surface area contributed by atoms with Crippen molar-refractivity contribution in [3.63, 3.8) is 0 Å². The van der Waals surface area contributed by atoms with E-state index < -0.39 is 0 Å². The van der Waals surface area contributed by atoms with Gasteiger partial charge in [-0.2, -0.15) is 0 Å². The monoisotopic (exact) mass is 242 g/mol. The van der Waals surface area contributed by atoms with E-state index in [1.165, 1.54) is 12.1 Å². The molecule has 1 aromatic heterocycles. The van der Waals surface area contributed by atoms with Gasteiger partial charge in [0.15, 0.2) is 0 Å². The van der Waals surface area contributed by atoms with Gasteiger partial charge in [0.1, 0.15) is 11.6 Å². The number of aromatic nitrogens is 2. The standard InChI is InChI=1S/C14H14N2O2/c1-9-3-5-11(6-4-9)12(17)8-13-15-10(2)7-14(18)16-13/h3-8,17H,1-2H3,(H,15,16,18)/b12-8-. The lowest BCUT2D eigenvalue weighted by Crippen LogP contribution is -2.08. The van der Waals surface area contributed by atoms with Gasteiger partial charge in [-0.25, -0.2) is 4.98 Å². The second-order valence-electron chi connectivity index (χ2n) is 4.17. The molecule has 0 bridgehead atoms. The van der Waals surface area contributed by atoms with Crippen LogP contribution in [0.3, 0.4) is 0 Å². The molecule has 4 heteroatoms. The average Bonchev–Trinajstić information content (AvgIpc) is 2.28. The number of aromatic amines is 1. The third-order valence-electron chi connectivity index (χ3n) is 2.51. The Labute approximate surface area is 105 Å². The van der Waals surface area contributed by atoms with E-state index in [4.69, 9.17) is 0 Å². The summed E-state index contributed by atoms with van der Waals surface area (Å²) in [5.41, 5.74) is 2.19. The summed E-state index contributed by atoms with van der Waals surface area (Å²) in [5.74, 6) is 0.418. The van der Waals surface area contributed by atoms with Gasteiger partial charge in [-0.15, -0.1) is 0 Å². The van der Waals surface area contributed by atoms with Crippen LogP contribution in [0.25, 0.3) is 11.8 Å². The van der Waals surface area contributed by atoms with Crippen molar-refractivity contribution in [1.29, 1.82) is 0 Å². The first-order valence-electron chi connectivity index (χ1n) is 5.60. The van der Waals surface area contributed by atoms with Crippen molar-refractivity contribution in [2.24, 2.45) is 0 Å². The van der Waals surface area contributed by atoms with E-state index in [9.17, 15) is 9.90 Å². The Balaban J connectivity index is 2.38. The molecule has 0 aliphatic carbocycles. The van der Waals surface area contributed by atoms with Gasteiger partial charge in [0.05, 0.1) is 0 Å². The maximum Gasteiger partial charge on any atom is 0.251 e. The molecule has 0 amide bonds. The van der Waals surface area contributed by atoms with E-state index in [1.54, 1.807) is 6.92 Å². The van der Waals surface area contributed by atoms with Crippen LogP contribution in [0.5, 0.6) is 0 Å². The molecule has 0 atom stereocenters. The van der Waals surface area contributed by atoms with Crippen LogP contribution in [0.4, 0.5) is 0 Å². The topological polar surface area (TPSA) is 66.0 Å². The molecule has 1 aromatic carbocycles. The summed E-state index contributed by atoms with van der Waals surface area (Å²) in [6, 6.07) is 8.85. The van der Waals surface area contributed by atoms with Gasteiger partial charge in [-0.3, -0.25) is 4.79 Å². The summed E-state index contributed by atoms with van der Waals surface area (Å²) < 4.78 is 0. The number of hydrogen-bond acceptors (Lipinski definition) is 3. The third kappa shape index (κ3) is 2.85. The van der Waals surface area contributed by atoms with E-state index in [-0.39, 0.29) is 11.3 Å². The number of nitrogens with zero attached hydrogens (tertiary/aromatic N) is 1. The Morgan fingerprint density at radius 3 is 2.56 bits per heavy atom. The van der Waals surface area contributed by atoms with Crippen molar-refractivity contribution in [3.05, 3.63) is 63.3 Å². The Morgan fingerprint density at radius 1 is 1.28 bits per heavy atom. The number of aliphatic hydroxyl groups excluding tert-OH is 1. The van der Waals surface area contributed by atoms with Crippen molar-refractivity contribution in [2.45, 2.75) is 13.8 Å². The van der Waals surface area contributed by atoms with Gasteiger partial charge in [0.2, 0.25) is 0 Å². The second kappa shape index (κ2) is 4.87. The zero-order chi connectivity index (χ0) is 13.1. The number of aliphatic hydroxyl groups is 1. The summed E-state index contributed by atoms with van der Waals surface area (Å²) in [5, 5.41) is 9.95. The van der Waals surface area contributed by atoms with Gasteiger partial charge >= 0.3 is 0 Å².